The summed E-state index contributed by atoms with van der Waals surface area (Å²) < 4.78 is 25.6. The smallest absolute Gasteiger partial charge is 0.225 e. The number of hydrogen-bond donors (Lipinski definition) is 2. The lowest BCUT2D eigenvalue weighted by molar-refractivity contribution is -0.140. The highest BCUT2D eigenvalue weighted by atomic mass is 32.2. The normalized spacial score (nSPS) is 24.0. The van der Waals surface area contributed by atoms with E-state index in [1.165, 1.54) is 12.1 Å². The molecule has 166 valence electrons. The quantitative estimate of drug-likeness (QED) is 0.645. The summed E-state index contributed by atoms with van der Waals surface area (Å²) in [6.07, 6.45) is 3.18. The fourth-order valence-corrected chi connectivity index (χ4v) is 5.68. The lowest BCUT2D eigenvalue weighted by Crippen LogP contribution is -2.57. The summed E-state index contributed by atoms with van der Waals surface area (Å²) in [5, 5.41) is -1.34. The summed E-state index contributed by atoms with van der Waals surface area (Å²) >= 11 is 0. The van der Waals surface area contributed by atoms with Gasteiger partial charge in [-0.25, -0.2) is 8.42 Å². The third kappa shape index (κ3) is 5.01. The van der Waals surface area contributed by atoms with Gasteiger partial charge in [0.25, 0.3) is 0 Å². The molecule has 3 rings (SSSR count). The molecule has 3 unspecified atom stereocenters. The average Bonchev–Trinajstić information content (AvgIpc) is 3.21. The Kier molecular flexibility index (Phi) is 7.15. The molecule has 8 nitrogen and oxygen atoms in total. The van der Waals surface area contributed by atoms with Crippen LogP contribution in [0.4, 0.5) is 0 Å². The molecule has 3 atom stereocenters. The van der Waals surface area contributed by atoms with Crippen LogP contribution in [0.3, 0.4) is 0 Å². The summed E-state index contributed by atoms with van der Waals surface area (Å²) in [7, 11) is -3.83. The van der Waals surface area contributed by atoms with Crippen molar-refractivity contribution in [2.24, 2.45) is 17.4 Å². The molecular formula is C21H32N4O4S. The van der Waals surface area contributed by atoms with E-state index in [4.69, 9.17) is 11.5 Å². The molecule has 0 aromatic heterocycles. The molecule has 1 aromatic rings. The maximum Gasteiger partial charge on any atom is 0.225 e. The molecule has 2 aliphatic rings. The predicted octanol–water partition coefficient (Wildman–Crippen LogP) is 0.632. The molecule has 0 bridgehead atoms. The first-order chi connectivity index (χ1) is 14.2. The summed E-state index contributed by atoms with van der Waals surface area (Å²) in [4.78, 5) is 29.1. The molecular weight excluding hydrogens is 404 g/mol. The van der Waals surface area contributed by atoms with Gasteiger partial charge in [-0.15, -0.1) is 0 Å². The first kappa shape index (κ1) is 22.7. The van der Waals surface area contributed by atoms with E-state index >= 15 is 0 Å². The van der Waals surface area contributed by atoms with Gasteiger partial charge in [0.1, 0.15) is 5.37 Å². The summed E-state index contributed by atoms with van der Waals surface area (Å²) in [6, 6.07) is 6.09. The predicted molar refractivity (Wildman–Crippen MR) is 114 cm³/mol. The van der Waals surface area contributed by atoms with Crippen LogP contribution in [-0.4, -0.2) is 67.6 Å². The van der Waals surface area contributed by atoms with Gasteiger partial charge in [0.2, 0.25) is 11.8 Å². The molecule has 2 saturated heterocycles. The first-order valence-corrected chi connectivity index (χ1v) is 12.1. The number of primary amides is 1. The molecule has 2 aliphatic heterocycles. The van der Waals surface area contributed by atoms with Crippen LogP contribution in [0.1, 0.15) is 37.7 Å². The Labute approximate surface area is 178 Å². The molecule has 0 aliphatic carbocycles. The molecule has 2 fully saturated rings. The van der Waals surface area contributed by atoms with E-state index in [0.717, 1.165) is 31.5 Å². The van der Waals surface area contributed by atoms with Gasteiger partial charge >= 0.3 is 0 Å². The van der Waals surface area contributed by atoms with Gasteiger partial charge in [-0.05, 0) is 57.8 Å². The number of nitrogens with two attached hydrogens (primary N) is 2. The van der Waals surface area contributed by atoms with E-state index in [9.17, 15) is 18.0 Å². The van der Waals surface area contributed by atoms with E-state index in [1.807, 2.05) is 6.92 Å². The number of sulfone groups is 1. The van der Waals surface area contributed by atoms with Crippen LogP contribution in [0.25, 0.3) is 0 Å². The Morgan fingerprint density at radius 1 is 1.10 bits per heavy atom. The third-order valence-electron chi connectivity index (χ3n) is 6.23. The maximum atomic E-state index is 13.1. The minimum absolute atomic E-state index is 0.107. The molecule has 0 spiro atoms. The lowest BCUT2D eigenvalue weighted by Gasteiger charge is -2.42. The molecule has 2 amide bonds. The van der Waals surface area contributed by atoms with Gasteiger partial charge in [-0.1, -0.05) is 17.7 Å². The Hall–Kier alpha value is -1.97. The van der Waals surface area contributed by atoms with Crippen LogP contribution in [0, 0.1) is 12.8 Å². The van der Waals surface area contributed by atoms with Crippen molar-refractivity contribution in [2.45, 2.75) is 55.3 Å². The average molecular weight is 437 g/mol. The molecule has 1 aromatic carbocycles. The van der Waals surface area contributed by atoms with Crippen molar-refractivity contribution < 1.29 is 18.0 Å². The SMILES string of the molecule is Cc1ccc(S(=O)(=O)C(N)CC(=O)N2CCCC(C(N)=O)C2CN2CCCC2)cc1. The van der Waals surface area contributed by atoms with Crippen molar-refractivity contribution in [1.82, 2.24) is 9.80 Å². The third-order valence-corrected chi connectivity index (χ3v) is 8.13. The number of piperidine rings is 1. The highest BCUT2D eigenvalue weighted by molar-refractivity contribution is 7.92. The minimum Gasteiger partial charge on any atom is -0.369 e. The fraction of sp³-hybridized carbons (Fsp3) is 0.619. The Balaban J connectivity index is 1.75. The Bertz CT molecular complexity index is 865. The monoisotopic (exact) mass is 436 g/mol. The van der Waals surface area contributed by atoms with Crippen molar-refractivity contribution >= 4 is 21.7 Å². The summed E-state index contributed by atoms with van der Waals surface area (Å²) in [5.74, 6) is -1.17. The number of likely N-dealkylation sites (tertiary alicyclic amines) is 2. The van der Waals surface area contributed by atoms with Gasteiger partial charge < -0.3 is 21.3 Å². The number of aryl methyl sites for hydroxylation is 1. The number of rotatable bonds is 7. The zero-order chi connectivity index (χ0) is 21.9. The fourth-order valence-electron chi connectivity index (χ4n) is 4.46. The van der Waals surface area contributed by atoms with E-state index in [2.05, 4.69) is 4.90 Å². The highest BCUT2D eigenvalue weighted by Crippen LogP contribution is 2.27. The second-order valence-electron chi connectivity index (χ2n) is 8.41. The summed E-state index contributed by atoms with van der Waals surface area (Å²) in [5.41, 5.74) is 12.6. The minimum atomic E-state index is -3.83. The van der Waals surface area contributed by atoms with Crippen molar-refractivity contribution in [2.75, 3.05) is 26.2 Å². The number of amides is 2. The van der Waals surface area contributed by atoms with Crippen LogP contribution >= 0.6 is 0 Å². The van der Waals surface area contributed by atoms with Crippen LogP contribution in [0.15, 0.2) is 29.2 Å². The van der Waals surface area contributed by atoms with Crippen LogP contribution in [-0.2, 0) is 19.4 Å². The molecule has 9 heteroatoms. The maximum absolute atomic E-state index is 13.1. The van der Waals surface area contributed by atoms with Gasteiger partial charge in [0.05, 0.1) is 23.3 Å². The summed E-state index contributed by atoms with van der Waals surface area (Å²) in [6.45, 7) is 4.81. The number of hydrogen-bond acceptors (Lipinski definition) is 6. The molecule has 0 saturated carbocycles. The zero-order valence-corrected chi connectivity index (χ0v) is 18.3. The van der Waals surface area contributed by atoms with Crippen LogP contribution in [0.5, 0.6) is 0 Å². The van der Waals surface area contributed by atoms with Gasteiger partial charge in [0.15, 0.2) is 9.84 Å². The Morgan fingerprint density at radius 2 is 1.73 bits per heavy atom. The second-order valence-corrected chi connectivity index (χ2v) is 10.6. The number of benzene rings is 1. The van der Waals surface area contributed by atoms with Crippen LogP contribution < -0.4 is 11.5 Å². The van der Waals surface area contributed by atoms with Crippen LogP contribution in [0.2, 0.25) is 0 Å². The van der Waals surface area contributed by atoms with Gasteiger partial charge in [0, 0.05) is 13.1 Å². The van der Waals surface area contributed by atoms with E-state index < -0.39 is 27.0 Å². The van der Waals surface area contributed by atoms with E-state index in [-0.39, 0.29) is 23.3 Å². The van der Waals surface area contributed by atoms with Crippen molar-refractivity contribution in [3.8, 4) is 0 Å². The highest BCUT2D eigenvalue weighted by Gasteiger charge is 2.39. The zero-order valence-electron chi connectivity index (χ0n) is 17.5. The van der Waals surface area contributed by atoms with Gasteiger partial charge in [-0.3, -0.25) is 9.59 Å². The van der Waals surface area contributed by atoms with Crippen molar-refractivity contribution in [3.63, 3.8) is 0 Å². The number of nitrogens with zero attached hydrogens (tertiary/aromatic N) is 2. The topological polar surface area (TPSA) is 127 Å². The second kappa shape index (κ2) is 9.45. The standard InChI is InChI=1S/C21H32N4O4S/c1-15-6-8-16(9-7-15)30(28,29)19(22)13-20(26)25-12-4-5-17(21(23)27)18(25)14-24-10-2-3-11-24/h6-9,17-19H,2-5,10-14,22H2,1H3,(H2,23,27). The number of carbonyl (C=O) groups is 2. The van der Waals surface area contributed by atoms with Crippen molar-refractivity contribution in [1.29, 1.82) is 0 Å². The van der Waals surface area contributed by atoms with Gasteiger partial charge in [-0.2, -0.15) is 0 Å². The molecule has 30 heavy (non-hydrogen) atoms. The number of carbonyl (C=O) groups excluding carboxylic acids is 2. The first-order valence-electron chi connectivity index (χ1n) is 10.6. The molecule has 2 heterocycles. The largest absolute Gasteiger partial charge is 0.369 e. The lowest BCUT2D eigenvalue weighted by atomic mass is 9.87. The van der Waals surface area contributed by atoms with Crippen molar-refractivity contribution in [3.05, 3.63) is 29.8 Å². The molecule has 0 radical (unpaired) electrons. The Morgan fingerprint density at radius 3 is 2.33 bits per heavy atom. The van der Waals surface area contributed by atoms with E-state index in [1.54, 1.807) is 17.0 Å². The van der Waals surface area contributed by atoms with E-state index in [0.29, 0.717) is 25.9 Å². The molecule has 4 N–H and O–H groups in total.